The summed E-state index contributed by atoms with van der Waals surface area (Å²) in [7, 11) is -4.39. The van der Waals surface area contributed by atoms with Gasteiger partial charge in [0.05, 0.1) is 13.2 Å². The number of nitrogens with two attached hydrogens (primary N) is 1. The van der Waals surface area contributed by atoms with E-state index < -0.39 is 26.5 Å². The fourth-order valence-electron chi connectivity index (χ4n) is 10.4. The number of rotatable bonds is 67. The van der Waals surface area contributed by atoms with Gasteiger partial charge < -0.3 is 20.1 Å². The Labute approximate surface area is 513 Å². The van der Waals surface area contributed by atoms with E-state index >= 15 is 0 Å². The minimum absolute atomic E-state index is 0.0537. The number of unbranched alkanes of at least 4 members (excludes halogenated alkanes) is 42. The molecule has 484 valence electrons. The molecule has 0 aromatic carbocycles. The molecule has 0 spiro atoms. The molecule has 0 aromatic heterocycles. The lowest BCUT2D eigenvalue weighted by Crippen LogP contribution is -2.29. The minimum Gasteiger partial charge on any atom is -0.462 e. The highest BCUT2D eigenvalue weighted by molar-refractivity contribution is 7.47. The third kappa shape index (κ3) is 68.4. The van der Waals surface area contributed by atoms with Crippen LogP contribution < -0.4 is 5.73 Å². The van der Waals surface area contributed by atoms with Crippen LogP contribution in [0.1, 0.15) is 348 Å². The van der Waals surface area contributed by atoms with Crippen LogP contribution in [0.15, 0.2) is 72.9 Å². The van der Waals surface area contributed by atoms with Crippen LogP contribution in [-0.2, 0) is 32.7 Å². The summed E-state index contributed by atoms with van der Waals surface area (Å²) >= 11 is 0. The standard InChI is InChI=1S/C73H134NO8P/c1-3-5-7-9-11-13-15-17-19-21-23-25-27-29-31-33-34-35-36-38-40-42-44-46-48-50-52-54-56-58-60-62-64-66-73(76)82-71(70-81-83(77,78)80-68-67-74)69-79-72(75)65-63-61-59-57-55-53-51-49-47-45-43-41-39-37-32-30-28-26-24-22-20-18-16-14-12-10-8-6-4-2/h5,7,11,13,17,19,22-25,29,31,71H,3-4,6,8-10,12,14-16,18,20-21,26-28,30,32-70,74H2,1-2H3,(H,77,78)/b7-5-,13-11-,19-17-,24-22-,25-23-,31-29-. The molecule has 83 heavy (non-hydrogen) atoms. The Kier molecular flexibility index (Phi) is 66.5. The molecule has 0 aromatic rings. The topological polar surface area (TPSA) is 134 Å². The first kappa shape index (κ1) is 80.5. The van der Waals surface area contributed by atoms with E-state index in [9.17, 15) is 19.0 Å². The van der Waals surface area contributed by atoms with Gasteiger partial charge in [0, 0.05) is 19.4 Å². The Bertz CT molecular complexity index is 1590. The normalized spacial score (nSPS) is 13.3. The van der Waals surface area contributed by atoms with Gasteiger partial charge in [-0.15, -0.1) is 0 Å². The number of phosphoric acid groups is 1. The molecule has 0 aliphatic rings. The number of phosphoric ester groups is 1. The van der Waals surface area contributed by atoms with Crippen molar-refractivity contribution in [2.24, 2.45) is 5.73 Å². The Morgan fingerprint density at radius 1 is 0.373 bits per heavy atom. The summed E-state index contributed by atoms with van der Waals surface area (Å²) in [6.45, 7) is 3.69. The fraction of sp³-hybridized carbons (Fsp3) is 0.808. The molecule has 10 heteroatoms. The van der Waals surface area contributed by atoms with Crippen LogP contribution in [-0.4, -0.2) is 49.3 Å². The number of hydrogen-bond donors (Lipinski definition) is 2. The number of esters is 2. The van der Waals surface area contributed by atoms with Crippen LogP contribution in [0.25, 0.3) is 0 Å². The summed E-state index contributed by atoms with van der Waals surface area (Å²) < 4.78 is 33.2. The summed E-state index contributed by atoms with van der Waals surface area (Å²) in [4.78, 5) is 35.4. The SMILES string of the molecule is CC/C=C\C/C=C\C/C=C\C/C=C\C/C=C\CCCCCCCCCCCCCCCCCCCC(=O)OC(COC(=O)CCCCCCCCCCCCCCCCCCC/C=C\CCCCCCCCCC)COP(=O)(O)OCCN. The van der Waals surface area contributed by atoms with Crippen LogP contribution in [0.4, 0.5) is 0 Å². The second-order valence-corrected chi connectivity index (χ2v) is 25.2. The van der Waals surface area contributed by atoms with E-state index in [0.29, 0.717) is 6.42 Å². The number of ether oxygens (including phenoxy) is 2. The highest BCUT2D eigenvalue weighted by atomic mass is 31.2. The molecule has 0 rings (SSSR count). The highest BCUT2D eigenvalue weighted by Gasteiger charge is 2.26. The molecule has 0 saturated heterocycles. The summed E-state index contributed by atoms with van der Waals surface area (Å²) in [6, 6.07) is 0. The van der Waals surface area contributed by atoms with Crippen molar-refractivity contribution in [3.8, 4) is 0 Å². The Morgan fingerprint density at radius 2 is 0.663 bits per heavy atom. The molecule has 0 fully saturated rings. The van der Waals surface area contributed by atoms with Crippen molar-refractivity contribution in [3.63, 3.8) is 0 Å². The third-order valence-electron chi connectivity index (χ3n) is 15.6. The van der Waals surface area contributed by atoms with Crippen LogP contribution in [0.3, 0.4) is 0 Å². The maximum absolute atomic E-state index is 12.8. The minimum atomic E-state index is -4.39. The third-order valence-corrected chi connectivity index (χ3v) is 16.6. The summed E-state index contributed by atoms with van der Waals surface area (Å²) in [6.07, 6.45) is 90.0. The zero-order valence-corrected chi connectivity index (χ0v) is 55.3. The first-order valence-electron chi connectivity index (χ1n) is 35.4. The average molecular weight is 1180 g/mol. The van der Waals surface area contributed by atoms with Crippen molar-refractivity contribution in [1.82, 2.24) is 0 Å². The van der Waals surface area contributed by atoms with E-state index in [1.54, 1.807) is 0 Å². The van der Waals surface area contributed by atoms with Gasteiger partial charge in [-0.05, 0) is 83.5 Å². The quantitative estimate of drug-likeness (QED) is 0.0264. The van der Waals surface area contributed by atoms with E-state index in [2.05, 4.69) is 86.8 Å². The van der Waals surface area contributed by atoms with Crippen LogP contribution in [0.5, 0.6) is 0 Å². The molecular formula is C73H134NO8P. The van der Waals surface area contributed by atoms with Crippen molar-refractivity contribution in [2.45, 2.75) is 354 Å². The Hall–Kier alpha value is -2.55. The van der Waals surface area contributed by atoms with E-state index in [1.165, 1.54) is 244 Å². The Morgan fingerprint density at radius 3 is 1.00 bits per heavy atom. The molecule has 0 aliphatic carbocycles. The predicted molar refractivity (Wildman–Crippen MR) is 358 cm³/mol. The second-order valence-electron chi connectivity index (χ2n) is 23.7. The van der Waals surface area contributed by atoms with Crippen LogP contribution >= 0.6 is 7.82 Å². The summed E-state index contributed by atoms with van der Waals surface area (Å²) in [5, 5.41) is 0. The fourth-order valence-corrected chi connectivity index (χ4v) is 11.1. The average Bonchev–Trinajstić information content (AvgIpc) is 3.49. The monoisotopic (exact) mass is 1180 g/mol. The van der Waals surface area contributed by atoms with Gasteiger partial charge in [-0.3, -0.25) is 18.6 Å². The second kappa shape index (κ2) is 68.6. The molecule has 0 radical (unpaired) electrons. The number of allylic oxidation sites excluding steroid dienone is 12. The van der Waals surface area contributed by atoms with Gasteiger partial charge in [0.2, 0.25) is 0 Å². The number of carbonyl (C=O) groups is 2. The molecule has 0 aliphatic heterocycles. The lowest BCUT2D eigenvalue weighted by Gasteiger charge is -2.19. The lowest BCUT2D eigenvalue weighted by atomic mass is 10.0. The zero-order valence-electron chi connectivity index (χ0n) is 54.4. The van der Waals surface area contributed by atoms with Gasteiger partial charge in [-0.2, -0.15) is 0 Å². The van der Waals surface area contributed by atoms with Crippen molar-refractivity contribution in [2.75, 3.05) is 26.4 Å². The van der Waals surface area contributed by atoms with Gasteiger partial charge >= 0.3 is 19.8 Å². The molecule has 0 saturated carbocycles. The molecule has 0 bridgehead atoms. The van der Waals surface area contributed by atoms with Gasteiger partial charge in [0.1, 0.15) is 6.61 Å². The molecule has 2 atom stereocenters. The number of carbonyl (C=O) groups excluding carboxylic acids is 2. The lowest BCUT2D eigenvalue weighted by molar-refractivity contribution is -0.161. The highest BCUT2D eigenvalue weighted by Crippen LogP contribution is 2.43. The summed E-state index contributed by atoms with van der Waals surface area (Å²) in [5.41, 5.74) is 5.40. The largest absolute Gasteiger partial charge is 0.472 e. The molecule has 0 amide bonds. The molecule has 2 unspecified atom stereocenters. The molecule has 3 N–H and O–H groups in total. The van der Waals surface area contributed by atoms with E-state index in [4.69, 9.17) is 24.3 Å². The zero-order chi connectivity index (χ0) is 60.1. The first-order chi connectivity index (χ1) is 40.8. The van der Waals surface area contributed by atoms with Crippen LogP contribution in [0, 0.1) is 0 Å². The summed E-state index contributed by atoms with van der Waals surface area (Å²) in [5.74, 6) is -0.811. The molecule has 9 nitrogen and oxygen atoms in total. The van der Waals surface area contributed by atoms with Crippen molar-refractivity contribution < 1.29 is 37.6 Å². The molecule has 0 heterocycles. The van der Waals surface area contributed by atoms with Crippen molar-refractivity contribution in [3.05, 3.63) is 72.9 Å². The maximum atomic E-state index is 12.8. The van der Waals surface area contributed by atoms with E-state index in [-0.39, 0.29) is 38.6 Å². The van der Waals surface area contributed by atoms with Crippen molar-refractivity contribution in [1.29, 1.82) is 0 Å². The first-order valence-corrected chi connectivity index (χ1v) is 36.9. The van der Waals surface area contributed by atoms with E-state index in [0.717, 1.165) is 70.6 Å². The predicted octanol–water partition coefficient (Wildman–Crippen LogP) is 23.2. The van der Waals surface area contributed by atoms with Gasteiger partial charge in [0.25, 0.3) is 0 Å². The Balaban J connectivity index is 3.84. The van der Waals surface area contributed by atoms with Gasteiger partial charge in [-0.25, -0.2) is 4.57 Å². The van der Waals surface area contributed by atoms with E-state index in [1.807, 2.05) is 0 Å². The maximum Gasteiger partial charge on any atom is 0.472 e. The smallest absolute Gasteiger partial charge is 0.462 e. The van der Waals surface area contributed by atoms with Crippen LogP contribution in [0.2, 0.25) is 0 Å². The van der Waals surface area contributed by atoms with Gasteiger partial charge in [0.15, 0.2) is 6.10 Å². The van der Waals surface area contributed by atoms with Crippen molar-refractivity contribution >= 4 is 19.8 Å². The number of hydrogen-bond acceptors (Lipinski definition) is 8. The molecular weight excluding hydrogens is 1050 g/mol. The van der Waals surface area contributed by atoms with Gasteiger partial charge in [-0.1, -0.05) is 324 Å².